The minimum atomic E-state index is -4.42. The zero-order chi connectivity index (χ0) is 32.9. The van der Waals surface area contributed by atoms with Crippen molar-refractivity contribution in [1.82, 2.24) is 25.6 Å². The molecule has 11 nitrogen and oxygen atoms in total. The number of primary amides is 1. The first-order valence-electron chi connectivity index (χ1n) is 14.5. The Bertz CT molecular complexity index is 1520. The molecule has 16 heteroatoms. The minimum absolute atomic E-state index is 0.177. The highest BCUT2D eigenvalue weighted by Crippen LogP contribution is 2.50. The van der Waals surface area contributed by atoms with Crippen LogP contribution in [0.5, 0.6) is 0 Å². The zero-order valence-electron chi connectivity index (χ0n) is 24.7. The number of aromatic amines is 1. The van der Waals surface area contributed by atoms with Crippen molar-refractivity contribution < 1.29 is 40.9 Å². The predicted octanol–water partition coefficient (Wildman–Crippen LogP) is 5.09. The van der Waals surface area contributed by atoms with Crippen LogP contribution in [0.1, 0.15) is 85.9 Å². The zero-order valence-corrected chi connectivity index (χ0v) is 24.7. The monoisotopic (exact) mass is 639 g/mol. The number of rotatable bonds is 10. The van der Waals surface area contributed by atoms with Crippen LogP contribution in [0, 0.1) is 23.2 Å². The SMILES string of the molecule is CC(O[C@H](C)Cc1nc2ccc(CNC(=O)CC3CC3(F)F)cc2[nH]1)C(F)(F)F.N#CC1CC1.NC(=O)c1nonc1C1CC1. The van der Waals surface area contributed by atoms with Gasteiger partial charge in [0.2, 0.25) is 5.91 Å². The molecule has 2 heterocycles. The van der Waals surface area contributed by atoms with Crippen LogP contribution in [-0.2, 0) is 22.5 Å². The van der Waals surface area contributed by atoms with Gasteiger partial charge in [-0.2, -0.15) is 18.4 Å². The second-order valence-corrected chi connectivity index (χ2v) is 11.6. The molecule has 4 N–H and O–H groups in total. The summed E-state index contributed by atoms with van der Waals surface area (Å²) >= 11 is 0. The number of carbonyl (C=O) groups is 2. The van der Waals surface area contributed by atoms with Crippen molar-refractivity contribution in [1.29, 1.82) is 5.26 Å². The molecule has 0 bridgehead atoms. The van der Waals surface area contributed by atoms with Crippen molar-refractivity contribution in [2.45, 2.75) is 95.6 Å². The number of fused-ring (bicyclic) bond motifs is 1. The van der Waals surface area contributed by atoms with E-state index in [4.69, 9.17) is 15.7 Å². The molecule has 2 amide bonds. The summed E-state index contributed by atoms with van der Waals surface area (Å²) in [6.45, 7) is 2.68. The molecule has 3 fully saturated rings. The van der Waals surface area contributed by atoms with Gasteiger partial charge in [0.25, 0.3) is 11.8 Å². The molecular weight excluding hydrogens is 605 g/mol. The number of nitrogens with two attached hydrogens (primary N) is 1. The first kappa shape index (κ1) is 33.8. The molecule has 244 valence electrons. The Balaban J connectivity index is 0.000000232. The number of nitrogens with zero attached hydrogens (tertiary/aromatic N) is 4. The molecule has 0 saturated heterocycles. The van der Waals surface area contributed by atoms with Gasteiger partial charge < -0.3 is 20.8 Å². The average Bonchev–Trinajstić information content (AvgIpc) is 3.93. The van der Waals surface area contributed by atoms with Gasteiger partial charge in [-0.3, -0.25) is 9.59 Å². The molecule has 3 aliphatic rings. The van der Waals surface area contributed by atoms with Gasteiger partial charge in [0, 0.05) is 43.6 Å². The van der Waals surface area contributed by atoms with Gasteiger partial charge in [-0.25, -0.2) is 18.4 Å². The third-order valence-electron chi connectivity index (χ3n) is 7.32. The van der Waals surface area contributed by atoms with E-state index in [9.17, 15) is 31.5 Å². The maximum absolute atomic E-state index is 12.9. The van der Waals surface area contributed by atoms with Crippen LogP contribution >= 0.6 is 0 Å². The lowest BCUT2D eigenvalue weighted by Gasteiger charge is -2.20. The molecular formula is C29H34F5N7O4. The lowest BCUT2D eigenvalue weighted by atomic mass is 10.2. The van der Waals surface area contributed by atoms with E-state index in [1.54, 1.807) is 25.1 Å². The first-order chi connectivity index (χ1) is 21.2. The second-order valence-electron chi connectivity index (χ2n) is 11.6. The van der Waals surface area contributed by atoms with Crippen molar-refractivity contribution in [3.8, 4) is 6.07 Å². The standard InChI is InChI=1S/C19H22F5N3O2.C6H7N3O2.C4H5N/c1-10(29-11(2)19(22,23)24)5-16-26-14-4-3-12(6-15(14)27-16)9-25-17(28)7-13-8-18(13,20)21;7-6(10)5-4(3-1-2-3)8-11-9-5;5-3-4-1-2-4/h3-4,6,10-11,13H,5,7-9H2,1-2H3,(H,25,28)(H,26,27);3H,1-2H2,(H2,7,10);4H,1-2H2/t10-,11?,13?;;/m1../s1. The number of benzene rings is 1. The van der Waals surface area contributed by atoms with Crippen LogP contribution < -0.4 is 11.1 Å². The Morgan fingerprint density at radius 2 is 1.91 bits per heavy atom. The largest absolute Gasteiger partial charge is 0.414 e. The van der Waals surface area contributed by atoms with E-state index in [1.165, 1.54) is 0 Å². The number of halogens is 5. The fourth-order valence-electron chi connectivity index (χ4n) is 4.25. The predicted molar refractivity (Wildman–Crippen MR) is 149 cm³/mol. The van der Waals surface area contributed by atoms with E-state index in [0.717, 1.165) is 38.2 Å². The summed E-state index contributed by atoms with van der Waals surface area (Å²) in [5, 5.41) is 17.6. The van der Waals surface area contributed by atoms with Gasteiger partial charge in [-0.1, -0.05) is 11.2 Å². The van der Waals surface area contributed by atoms with Crippen LogP contribution in [0.25, 0.3) is 11.0 Å². The van der Waals surface area contributed by atoms with Crippen LogP contribution in [-0.4, -0.2) is 56.4 Å². The Kier molecular flexibility index (Phi) is 10.4. The lowest BCUT2D eigenvalue weighted by molar-refractivity contribution is -0.224. The molecule has 3 aliphatic carbocycles. The summed E-state index contributed by atoms with van der Waals surface area (Å²) in [6.07, 6.45) is -2.84. The molecule has 3 atom stereocenters. The van der Waals surface area contributed by atoms with Gasteiger partial charge in [-0.15, -0.1) is 0 Å². The van der Waals surface area contributed by atoms with E-state index in [-0.39, 0.29) is 31.5 Å². The number of hydrogen-bond donors (Lipinski definition) is 3. The third kappa shape index (κ3) is 10.2. The summed E-state index contributed by atoms with van der Waals surface area (Å²) in [7, 11) is 0. The molecule has 2 aromatic heterocycles. The van der Waals surface area contributed by atoms with E-state index in [2.05, 4.69) is 36.3 Å². The van der Waals surface area contributed by atoms with Crippen molar-refractivity contribution in [2.24, 2.45) is 17.6 Å². The summed E-state index contributed by atoms with van der Waals surface area (Å²) in [5.41, 5.74) is 7.87. The number of H-pyrrole nitrogens is 1. The number of nitrogens with one attached hydrogen (secondary N) is 2. The van der Waals surface area contributed by atoms with Crippen LogP contribution in [0.4, 0.5) is 22.0 Å². The highest BCUT2D eigenvalue weighted by atomic mass is 19.4. The van der Waals surface area contributed by atoms with Gasteiger partial charge in [0.05, 0.1) is 23.2 Å². The van der Waals surface area contributed by atoms with E-state index in [0.29, 0.717) is 34.4 Å². The summed E-state index contributed by atoms with van der Waals surface area (Å²) < 4.78 is 72.9. The summed E-state index contributed by atoms with van der Waals surface area (Å²) in [5.74, 6) is -3.31. The minimum Gasteiger partial charge on any atom is -0.366 e. The van der Waals surface area contributed by atoms with Crippen molar-refractivity contribution in [2.75, 3.05) is 0 Å². The van der Waals surface area contributed by atoms with Crippen LogP contribution in [0.3, 0.4) is 0 Å². The molecule has 45 heavy (non-hydrogen) atoms. The molecule has 3 aromatic rings. The van der Waals surface area contributed by atoms with Crippen molar-refractivity contribution in [3.05, 3.63) is 41.0 Å². The Hall–Kier alpha value is -4.13. The van der Waals surface area contributed by atoms with Crippen molar-refractivity contribution >= 4 is 22.8 Å². The van der Waals surface area contributed by atoms with Crippen LogP contribution in [0.2, 0.25) is 0 Å². The number of ether oxygens (including phenoxy) is 1. The summed E-state index contributed by atoms with van der Waals surface area (Å²) in [4.78, 5) is 29.8. The van der Waals surface area contributed by atoms with E-state index < -0.39 is 42.0 Å². The molecule has 0 radical (unpaired) electrons. The number of carbonyl (C=O) groups excluding carboxylic acids is 2. The highest BCUT2D eigenvalue weighted by Gasteiger charge is 2.57. The molecule has 3 saturated carbocycles. The maximum Gasteiger partial charge on any atom is 0.414 e. The Morgan fingerprint density at radius 1 is 1.22 bits per heavy atom. The highest BCUT2D eigenvalue weighted by molar-refractivity contribution is 5.91. The van der Waals surface area contributed by atoms with Gasteiger partial charge in [0.15, 0.2) is 11.8 Å². The van der Waals surface area contributed by atoms with Gasteiger partial charge in [-0.05, 0) is 62.4 Å². The lowest BCUT2D eigenvalue weighted by Crippen LogP contribution is -2.32. The number of aromatic nitrogens is 4. The average molecular weight is 640 g/mol. The fraction of sp³-hybridized carbons (Fsp3) is 0.586. The van der Waals surface area contributed by atoms with Crippen molar-refractivity contribution in [3.63, 3.8) is 0 Å². The number of hydrogen-bond acceptors (Lipinski definition) is 8. The molecule has 6 rings (SSSR count). The van der Waals surface area contributed by atoms with Gasteiger partial charge in [0.1, 0.15) is 11.5 Å². The molecule has 0 spiro atoms. The summed E-state index contributed by atoms with van der Waals surface area (Å²) in [6, 6.07) is 7.35. The Labute approximate surface area is 255 Å². The normalized spacial score (nSPS) is 19.6. The smallest absolute Gasteiger partial charge is 0.366 e. The number of imidazole rings is 1. The fourth-order valence-corrected chi connectivity index (χ4v) is 4.25. The topological polar surface area (TPSA) is 173 Å². The molecule has 1 aromatic carbocycles. The molecule has 0 aliphatic heterocycles. The third-order valence-corrected chi connectivity index (χ3v) is 7.32. The number of amides is 2. The number of alkyl halides is 5. The van der Waals surface area contributed by atoms with Crippen LogP contribution in [0.15, 0.2) is 22.8 Å². The van der Waals surface area contributed by atoms with E-state index >= 15 is 0 Å². The Morgan fingerprint density at radius 3 is 2.44 bits per heavy atom. The second kappa shape index (κ2) is 13.9. The van der Waals surface area contributed by atoms with Gasteiger partial charge >= 0.3 is 6.18 Å². The van der Waals surface area contributed by atoms with E-state index in [1.807, 2.05) is 0 Å². The quantitative estimate of drug-likeness (QED) is 0.257. The molecule has 2 unspecified atom stereocenters. The first-order valence-corrected chi connectivity index (χ1v) is 14.5. The maximum atomic E-state index is 12.9. The number of nitriles is 1.